The molecular weight excluding hydrogens is 430 g/mol. The standard InChI is InChI=1S/C23H30ClN5O3/c1-3-4-8-13-28-20-19(26-22(24)27-20)21(31)29(23(28)32)14-9-7-12-18(30)25-15-17-11-6-5-10-16(17)2/h5-6,10-11H,3-4,7-9,12-15H2,1-2H3,(H,25,30)(H,26,27). The molecule has 2 aromatic heterocycles. The summed E-state index contributed by atoms with van der Waals surface area (Å²) in [6.07, 6.45) is 4.25. The monoisotopic (exact) mass is 459 g/mol. The lowest BCUT2D eigenvalue weighted by atomic mass is 10.1. The number of hydrogen-bond acceptors (Lipinski definition) is 4. The second kappa shape index (κ2) is 11.1. The molecule has 9 heteroatoms. The van der Waals surface area contributed by atoms with Gasteiger partial charge in [0.15, 0.2) is 11.2 Å². The predicted octanol–water partition coefficient (Wildman–Crippen LogP) is 3.53. The maximum absolute atomic E-state index is 13.0. The molecule has 2 N–H and O–H groups in total. The summed E-state index contributed by atoms with van der Waals surface area (Å²) in [7, 11) is 0. The molecule has 1 amide bonds. The zero-order chi connectivity index (χ0) is 23.1. The number of unbranched alkanes of at least 4 members (excludes halogenated alkanes) is 3. The van der Waals surface area contributed by atoms with E-state index >= 15 is 0 Å². The van der Waals surface area contributed by atoms with Gasteiger partial charge in [0.2, 0.25) is 11.2 Å². The Labute approximate surface area is 191 Å². The molecule has 8 nitrogen and oxygen atoms in total. The molecule has 172 valence electrons. The summed E-state index contributed by atoms with van der Waals surface area (Å²) in [4.78, 5) is 44.9. The topological polar surface area (TPSA) is 102 Å². The number of fused-ring (bicyclic) bond motifs is 1. The third-order valence-electron chi connectivity index (χ3n) is 5.59. The van der Waals surface area contributed by atoms with Crippen LogP contribution in [0.25, 0.3) is 11.2 Å². The molecule has 3 aromatic rings. The molecule has 0 unspecified atom stereocenters. The Kier molecular flexibility index (Phi) is 8.27. The van der Waals surface area contributed by atoms with Crippen molar-refractivity contribution >= 4 is 28.7 Å². The fourth-order valence-corrected chi connectivity index (χ4v) is 3.88. The van der Waals surface area contributed by atoms with Crippen molar-refractivity contribution in [1.29, 1.82) is 0 Å². The average molecular weight is 460 g/mol. The van der Waals surface area contributed by atoms with Crippen molar-refractivity contribution in [3.63, 3.8) is 0 Å². The number of halogens is 1. The van der Waals surface area contributed by atoms with Crippen LogP contribution in [0.15, 0.2) is 33.9 Å². The van der Waals surface area contributed by atoms with E-state index in [4.69, 9.17) is 11.6 Å². The Morgan fingerprint density at radius 2 is 1.81 bits per heavy atom. The van der Waals surface area contributed by atoms with Gasteiger partial charge in [-0.1, -0.05) is 44.0 Å². The Morgan fingerprint density at radius 1 is 1.09 bits per heavy atom. The van der Waals surface area contributed by atoms with Crippen LogP contribution < -0.4 is 16.6 Å². The molecule has 0 radical (unpaired) electrons. The summed E-state index contributed by atoms with van der Waals surface area (Å²) in [5.41, 5.74) is 1.94. The zero-order valence-corrected chi connectivity index (χ0v) is 19.4. The van der Waals surface area contributed by atoms with Gasteiger partial charge in [0.25, 0.3) is 5.56 Å². The highest BCUT2D eigenvalue weighted by atomic mass is 35.5. The van der Waals surface area contributed by atoms with Gasteiger partial charge in [-0.15, -0.1) is 0 Å². The molecule has 0 saturated heterocycles. The highest BCUT2D eigenvalue weighted by Crippen LogP contribution is 2.11. The molecule has 0 bridgehead atoms. The van der Waals surface area contributed by atoms with Crippen LogP contribution >= 0.6 is 11.6 Å². The van der Waals surface area contributed by atoms with Crippen LogP contribution in [-0.4, -0.2) is 25.0 Å². The van der Waals surface area contributed by atoms with Gasteiger partial charge in [0.05, 0.1) is 0 Å². The van der Waals surface area contributed by atoms with Gasteiger partial charge in [-0.2, -0.15) is 4.98 Å². The number of H-pyrrole nitrogens is 1. The number of nitrogens with one attached hydrogen (secondary N) is 2. The highest BCUT2D eigenvalue weighted by Gasteiger charge is 2.16. The minimum Gasteiger partial charge on any atom is -0.352 e. The van der Waals surface area contributed by atoms with Crippen LogP contribution in [0.5, 0.6) is 0 Å². The van der Waals surface area contributed by atoms with Gasteiger partial charge in [-0.3, -0.25) is 18.7 Å². The fraction of sp³-hybridized carbons (Fsp3) is 0.478. The molecule has 0 fully saturated rings. The number of aryl methyl sites for hydroxylation is 2. The summed E-state index contributed by atoms with van der Waals surface area (Å²) >= 11 is 5.96. The molecule has 2 heterocycles. The first-order valence-electron chi connectivity index (χ1n) is 11.1. The number of hydrogen-bond donors (Lipinski definition) is 2. The smallest absolute Gasteiger partial charge is 0.332 e. The first-order chi connectivity index (χ1) is 15.4. The van der Waals surface area contributed by atoms with Crippen molar-refractivity contribution in [2.45, 2.75) is 72.0 Å². The summed E-state index contributed by atoms with van der Waals surface area (Å²) in [6, 6.07) is 7.92. The van der Waals surface area contributed by atoms with Gasteiger partial charge in [0.1, 0.15) is 0 Å². The second-order valence-corrected chi connectivity index (χ2v) is 8.34. The molecular formula is C23H30ClN5O3. The van der Waals surface area contributed by atoms with E-state index in [1.807, 2.05) is 31.2 Å². The lowest BCUT2D eigenvalue weighted by molar-refractivity contribution is -0.121. The van der Waals surface area contributed by atoms with Crippen molar-refractivity contribution in [2.75, 3.05) is 0 Å². The van der Waals surface area contributed by atoms with Crippen molar-refractivity contribution in [2.24, 2.45) is 0 Å². The van der Waals surface area contributed by atoms with Gasteiger partial charge < -0.3 is 10.3 Å². The van der Waals surface area contributed by atoms with E-state index in [1.165, 1.54) is 9.13 Å². The summed E-state index contributed by atoms with van der Waals surface area (Å²) in [5, 5.41) is 3.01. The molecule has 3 rings (SSSR count). The van der Waals surface area contributed by atoms with Gasteiger partial charge >= 0.3 is 5.69 Å². The van der Waals surface area contributed by atoms with E-state index in [2.05, 4.69) is 22.2 Å². The number of aromatic nitrogens is 4. The van der Waals surface area contributed by atoms with E-state index in [0.717, 1.165) is 30.4 Å². The van der Waals surface area contributed by atoms with Crippen LogP contribution in [-0.2, 0) is 24.4 Å². The number of carbonyl (C=O) groups excluding carboxylic acids is 1. The third-order valence-corrected chi connectivity index (χ3v) is 5.77. The third kappa shape index (κ3) is 5.68. The molecule has 0 aliphatic carbocycles. The molecule has 0 spiro atoms. The second-order valence-electron chi connectivity index (χ2n) is 7.98. The number of carbonyl (C=O) groups is 1. The van der Waals surface area contributed by atoms with Crippen molar-refractivity contribution < 1.29 is 4.79 Å². The van der Waals surface area contributed by atoms with Crippen LogP contribution in [0.2, 0.25) is 5.28 Å². The lowest BCUT2D eigenvalue weighted by Gasteiger charge is -2.11. The number of benzene rings is 1. The van der Waals surface area contributed by atoms with E-state index in [1.54, 1.807) is 0 Å². The largest absolute Gasteiger partial charge is 0.352 e. The van der Waals surface area contributed by atoms with Crippen LogP contribution in [0.3, 0.4) is 0 Å². The number of rotatable bonds is 11. The predicted molar refractivity (Wildman–Crippen MR) is 126 cm³/mol. The Bertz CT molecular complexity index is 1190. The van der Waals surface area contributed by atoms with E-state index < -0.39 is 5.56 Å². The normalized spacial score (nSPS) is 11.2. The van der Waals surface area contributed by atoms with Crippen molar-refractivity contribution in [1.82, 2.24) is 24.4 Å². The number of nitrogens with zero attached hydrogens (tertiary/aromatic N) is 3. The number of imidazole rings is 1. The maximum Gasteiger partial charge on any atom is 0.332 e. The van der Waals surface area contributed by atoms with E-state index in [9.17, 15) is 14.4 Å². The average Bonchev–Trinajstić information content (AvgIpc) is 3.16. The van der Waals surface area contributed by atoms with E-state index in [0.29, 0.717) is 38.0 Å². The maximum atomic E-state index is 13.0. The van der Waals surface area contributed by atoms with E-state index in [-0.39, 0.29) is 28.9 Å². The number of amides is 1. The minimum absolute atomic E-state index is 0.0478. The summed E-state index contributed by atoms with van der Waals surface area (Å²) < 4.78 is 2.73. The van der Waals surface area contributed by atoms with Crippen molar-refractivity contribution in [3.8, 4) is 0 Å². The number of aromatic amines is 1. The zero-order valence-electron chi connectivity index (χ0n) is 18.6. The van der Waals surface area contributed by atoms with Gasteiger partial charge in [0, 0.05) is 26.1 Å². The van der Waals surface area contributed by atoms with Crippen molar-refractivity contribution in [3.05, 3.63) is 61.5 Å². The molecule has 1 aromatic carbocycles. The van der Waals surface area contributed by atoms with Crippen LogP contribution in [0.1, 0.15) is 56.6 Å². The van der Waals surface area contributed by atoms with Gasteiger partial charge in [-0.25, -0.2) is 4.79 Å². The Hall–Kier alpha value is -2.87. The fourth-order valence-electron chi connectivity index (χ4n) is 3.70. The molecule has 0 atom stereocenters. The minimum atomic E-state index is -0.430. The molecule has 0 aliphatic heterocycles. The Balaban J connectivity index is 1.62. The summed E-state index contributed by atoms with van der Waals surface area (Å²) in [6.45, 7) is 5.31. The molecule has 32 heavy (non-hydrogen) atoms. The van der Waals surface area contributed by atoms with Gasteiger partial charge in [-0.05, 0) is 48.9 Å². The lowest BCUT2D eigenvalue weighted by Crippen LogP contribution is -2.40. The van der Waals surface area contributed by atoms with Crippen LogP contribution in [0.4, 0.5) is 0 Å². The first-order valence-corrected chi connectivity index (χ1v) is 11.5. The highest BCUT2D eigenvalue weighted by molar-refractivity contribution is 6.28. The first kappa shape index (κ1) is 23.8. The Morgan fingerprint density at radius 3 is 2.56 bits per heavy atom. The molecule has 0 aliphatic rings. The molecule has 0 saturated carbocycles. The SMILES string of the molecule is CCCCCn1c(=O)n(CCCCC(=O)NCc2ccccc2C)c(=O)c2[nH]c(Cl)nc21. The summed E-state index contributed by atoms with van der Waals surface area (Å²) in [5.74, 6) is -0.0478. The van der Waals surface area contributed by atoms with Crippen LogP contribution in [0, 0.1) is 6.92 Å². The quantitative estimate of drug-likeness (QED) is 0.338.